The number of carbonyl (C=O) groups is 1. The summed E-state index contributed by atoms with van der Waals surface area (Å²) in [6, 6.07) is 18.5. The Kier molecular flexibility index (Phi) is 6.59. The van der Waals surface area contributed by atoms with E-state index in [0.717, 1.165) is 25.2 Å². The van der Waals surface area contributed by atoms with Crippen LogP contribution in [0, 0.1) is 10.1 Å². The summed E-state index contributed by atoms with van der Waals surface area (Å²) >= 11 is 1.38. The lowest BCUT2D eigenvalue weighted by Crippen LogP contribution is -2.48. The number of para-hydroxylation sites is 2. The summed E-state index contributed by atoms with van der Waals surface area (Å²) < 4.78 is 5.63. The van der Waals surface area contributed by atoms with E-state index in [9.17, 15) is 14.9 Å². The summed E-state index contributed by atoms with van der Waals surface area (Å²) in [5.41, 5.74) is 2.04. The molecule has 1 saturated heterocycles. The molecule has 1 aromatic heterocycles. The van der Waals surface area contributed by atoms with E-state index in [2.05, 4.69) is 17.0 Å². The lowest BCUT2D eigenvalue weighted by atomic mass is 10.2. The molecule has 1 fully saturated rings. The van der Waals surface area contributed by atoms with Crippen LogP contribution >= 0.6 is 11.3 Å². The summed E-state index contributed by atoms with van der Waals surface area (Å²) in [6.07, 6.45) is 0. The molecule has 0 saturated carbocycles. The molecule has 0 aliphatic carbocycles. The SMILES string of the molecule is O=C(c1cc(COc2ccccc2[N+](=O)[O-])cs1)N1CCN(Cc2ccccc2)CC1. The van der Waals surface area contributed by atoms with Crippen molar-refractivity contribution in [1.29, 1.82) is 0 Å². The van der Waals surface area contributed by atoms with Gasteiger partial charge in [-0.3, -0.25) is 19.8 Å². The largest absolute Gasteiger partial charge is 0.482 e. The fraction of sp³-hybridized carbons (Fsp3) is 0.261. The van der Waals surface area contributed by atoms with Crippen molar-refractivity contribution in [3.63, 3.8) is 0 Å². The number of rotatable bonds is 7. The van der Waals surface area contributed by atoms with Crippen molar-refractivity contribution in [2.24, 2.45) is 0 Å². The minimum atomic E-state index is -0.463. The van der Waals surface area contributed by atoms with E-state index in [4.69, 9.17) is 4.74 Å². The van der Waals surface area contributed by atoms with Crippen LogP contribution in [-0.2, 0) is 13.2 Å². The van der Waals surface area contributed by atoms with Gasteiger partial charge in [-0.25, -0.2) is 0 Å². The number of carbonyl (C=O) groups excluding carboxylic acids is 1. The average molecular weight is 438 g/mol. The highest BCUT2D eigenvalue weighted by molar-refractivity contribution is 7.12. The number of nitro groups is 1. The zero-order valence-electron chi connectivity index (χ0n) is 17.0. The highest BCUT2D eigenvalue weighted by atomic mass is 32.1. The minimum absolute atomic E-state index is 0.0290. The van der Waals surface area contributed by atoms with Crippen molar-refractivity contribution >= 4 is 22.9 Å². The number of hydrogen-bond donors (Lipinski definition) is 0. The number of thiophene rings is 1. The highest BCUT2D eigenvalue weighted by Crippen LogP contribution is 2.27. The summed E-state index contributed by atoms with van der Waals surface area (Å²) in [6.45, 7) is 4.17. The second-order valence-corrected chi connectivity index (χ2v) is 8.30. The van der Waals surface area contributed by atoms with Gasteiger partial charge < -0.3 is 9.64 Å². The van der Waals surface area contributed by atoms with Gasteiger partial charge in [0.25, 0.3) is 5.91 Å². The van der Waals surface area contributed by atoms with Crippen LogP contribution in [0.15, 0.2) is 66.0 Å². The number of benzene rings is 2. The van der Waals surface area contributed by atoms with Gasteiger partial charge >= 0.3 is 5.69 Å². The Hall–Kier alpha value is -3.23. The standard InChI is InChI=1S/C23H23N3O4S/c27-23(25-12-10-24(11-13-25)15-18-6-2-1-3-7-18)22-14-19(17-31-22)16-30-21-9-5-4-8-20(21)26(28)29/h1-9,14,17H,10-13,15-16H2. The highest BCUT2D eigenvalue weighted by Gasteiger charge is 2.23. The molecule has 0 radical (unpaired) electrons. The van der Waals surface area contributed by atoms with Crippen LogP contribution in [0.5, 0.6) is 5.75 Å². The maximum Gasteiger partial charge on any atom is 0.310 e. The summed E-state index contributed by atoms with van der Waals surface area (Å²) in [5.74, 6) is 0.252. The average Bonchev–Trinajstić information content (AvgIpc) is 3.28. The molecule has 2 aromatic carbocycles. The third kappa shape index (κ3) is 5.28. The number of ether oxygens (including phenoxy) is 1. The molecule has 7 nitrogen and oxygen atoms in total. The van der Waals surface area contributed by atoms with E-state index in [1.165, 1.54) is 23.0 Å². The first-order valence-electron chi connectivity index (χ1n) is 10.1. The van der Waals surface area contributed by atoms with Gasteiger partial charge in [0.2, 0.25) is 0 Å². The Bertz CT molecular complexity index is 1050. The predicted molar refractivity (Wildman–Crippen MR) is 119 cm³/mol. The van der Waals surface area contributed by atoms with Crippen LogP contribution in [0.4, 0.5) is 5.69 Å². The topological polar surface area (TPSA) is 75.9 Å². The molecule has 8 heteroatoms. The molecule has 3 aromatic rings. The van der Waals surface area contributed by atoms with Gasteiger partial charge in [0.1, 0.15) is 6.61 Å². The second kappa shape index (κ2) is 9.72. The molecule has 2 heterocycles. The number of hydrogen-bond acceptors (Lipinski definition) is 6. The third-order valence-electron chi connectivity index (χ3n) is 5.23. The van der Waals surface area contributed by atoms with Crippen LogP contribution in [-0.4, -0.2) is 46.8 Å². The molecular weight excluding hydrogens is 414 g/mol. The summed E-state index contributed by atoms with van der Waals surface area (Å²) in [5, 5.41) is 13.0. The van der Waals surface area contributed by atoms with Crippen molar-refractivity contribution in [2.75, 3.05) is 26.2 Å². The van der Waals surface area contributed by atoms with Gasteiger partial charge in [-0.05, 0) is 23.1 Å². The van der Waals surface area contributed by atoms with Crippen molar-refractivity contribution in [2.45, 2.75) is 13.2 Å². The normalized spacial score (nSPS) is 14.4. The van der Waals surface area contributed by atoms with Gasteiger partial charge in [0, 0.05) is 44.4 Å². The fourth-order valence-corrected chi connectivity index (χ4v) is 4.42. The van der Waals surface area contributed by atoms with Crippen LogP contribution < -0.4 is 4.74 Å². The Balaban J connectivity index is 1.30. The van der Waals surface area contributed by atoms with E-state index in [1.54, 1.807) is 18.2 Å². The molecule has 4 rings (SSSR count). The van der Waals surface area contributed by atoms with E-state index in [-0.39, 0.29) is 24.0 Å². The quantitative estimate of drug-likeness (QED) is 0.409. The first-order valence-corrected chi connectivity index (χ1v) is 11.0. The number of nitro benzene ring substituents is 1. The van der Waals surface area contributed by atoms with Gasteiger partial charge in [0.05, 0.1) is 9.80 Å². The van der Waals surface area contributed by atoms with Crippen LogP contribution in [0.1, 0.15) is 20.8 Å². The zero-order chi connectivity index (χ0) is 21.6. The number of nitrogens with zero attached hydrogens (tertiary/aromatic N) is 3. The Labute approximate surface area is 184 Å². The maximum atomic E-state index is 12.9. The van der Waals surface area contributed by atoms with Crippen molar-refractivity contribution < 1.29 is 14.5 Å². The summed E-state index contributed by atoms with van der Waals surface area (Å²) in [7, 11) is 0. The third-order valence-corrected chi connectivity index (χ3v) is 6.20. The lowest BCUT2D eigenvalue weighted by molar-refractivity contribution is -0.385. The summed E-state index contributed by atoms with van der Waals surface area (Å²) in [4.78, 5) is 28.4. The van der Waals surface area contributed by atoms with E-state index in [0.29, 0.717) is 18.0 Å². The van der Waals surface area contributed by atoms with Crippen molar-refractivity contribution in [1.82, 2.24) is 9.80 Å². The Morgan fingerprint density at radius 3 is 2.45 bits per heavy atom. The molecule has 160 valence electrons. The van der Waals surface area contributed by atoms with Gasteiger partial charge in [-0.1, -0.05) is 42.5 Å². The smallest absolute Gasteiger partial charge is 0.310 e. The van der Waals surface area contributed by atoms with Crippen LogP contribution in [0.25, 0.3) is 0 Å². The number of piperazine rings is 1. The first-order chi connectivity index (χ1) is 15.1. The fourth-order valence-electron chi connectivity index (χ4n) is 3.56. The number of amides is 1. The molecule has 0 N–H and O–H groups in total. The van der Waals surface area contributed by atoms with Crippen molar-refractivity contribution in [3.8, 4) is 5.75 Å². The molecule has 1 amide bonds. The van der Waals surface area contributed by atoms with Gasteiger partial charge in [0.15, 0.2) is 5.75 Å². The molecule has 0 unspecified atom stereocenters. The van der Waals surface area contributed by atoms with E-state index >= 15 is 0 Å². The Morgan fingerprint density at radius 1 is 1.00 bits per heavy atom. The second-order valence-electron chi connectivity index (χ2n) is 7.39. The van der Waals surface area contributed by atoms with E-state index in [1.807, 2.05) is 34.5 Å². The first kappa shape index (κ1) is 21.0. The van der Waals surface area contributed by atoms with Gasteiger partial charge in [-0.2, -0.15) is 0 Å². The minimum Gasteiger partial charge on any atom is -0.482 e. The van der Waals surface area contributed by atoms with Crippen LogP contribution in [0.3, 0.4) is 0 Å². The molecule has 31 heavy (non-hydrogen) atoms. The predicted octanol–water partition coefficient (Wildman–Crippen LogP) is 4.19. The molecule has 0 bridgehead atoms. The maximum absolute atomic E-state index is 12.9. The van der Waals surface area contributed by atoms with Gasteiger partial charge in [-0.15, -0.1) is 11.3 Å². The lowest BCUT2D eigenvalue weighted by Gasteiger charge is -2.34. The van der Waals surface area contributed by atoms with Crippen molar-refractivity contribution in [3.05, 3.63) is 92.2 Å². The Morgan fingerprint density at radius 2 is 1.71 bits per heavy atom. The molecule has 0 spiro atoms. The molecular formula is C23H23N3O4S. The monoisotopic (exact) mass is 437 g/mol. The molecule has 1 aliphatic heterocycles. The van der Waals surface area contributed by atoms with E-state index < -0.39 is 4.92 Å². The molecule has 0 atom stereocenters. The van der Waals surface area contributed by atoms with Crippen LogP contribution in [0.2, 0.25) is 0 Å². The zero-order valence-corrected chi connectivity index (χ0v) is 17.8. The molecule has 1 aliphatic rings.